The molecule has 0 saturated carbocycles. The van der Waals surface area contributed by atoms with Crippen LogP contribution in [0.15, 0.2) is 29.2 Å². The molecule has 5 nitrogen and oxygen atoms in total. The maximum absolute atomic E-state index is 12.3. The van der Waals surface area contributed by atoms with Gasteiger partial charge < -0.3 is 10.6 Å². The normalized spacial score (nSPS) is 15.2. The van der Waals surface area contributed by atoms with Crippen molar-refractivity contribution in [2.75, 3.05) is 19.6 Å². The van der Waals surface area contributed by atoms with Gasteiger partial charge in [0.25, 0.3) is 5.91 Å². The molecule has 1 aliphatic heterocycles. The van der Waals surface area contributed by atoms with Gasteiger partial charge in [-0.25, -0.2) is 8.42 Å². The van der Waals surface area contributed by atoms with Gasteiger partial charge in [-0.3, -0.25) is 4.79 Å². The fraction of sp³-hybridized carbons (Fsp3) is 0.417. The molecule has 0 aromatic heterocycles. The first-order valence-electron chi connectivity index (χ1n) is 6.02. The Kier molecular flexibility index (Phi) is 6.06. The van der Waals surface area contributed by atoms with Gasteiger partial charge in [-0.15, -0.1) is 12.4 Å². The van der Waals surface area contributed by atoms with E-state index in [1.54, 1.807) is 0 Å². The lowest BCUT2D eigenvalue weighted by atomic mass is 10.0. The average Bonchev–Trinajstić information content (AvgIpc) is 2.36. The highest BCUT2D eigenvalue weighted by Gasteiger charge is 2.26. The number of halogens is 3. The van der Waals surface area contributed by atoms with Crippen LogP contribution in [0, 0.1) is 5.92 Å². The molecule has 21 heavy (non-hydrogen) atoms. The second-order valence-corrected chi connectivity index (χ2v) is 6.48. The minimum absolute atomic E-state index is 0. The summed E-state index contributed by atoms with van der Waals surface area (Å²) in [5.41, 5.74) is 0.241. The second-order valence-electron chi connectivity index (χ2n) is 4.56. The van der Waals surface area contributed by atoms with E-state index in [1.807, 2.05) is 0 Å². The average molecular weight is 341 g/mol. The Morgan fingerprint density at radius 3 is 2.29 bits per heavy atom. The van der Waals surface area contributed by atoms with Crippen LogP contribution in [0.4, 0.5) is 8.78 Å². The van der Waals surface area contributed by atoms with E-state index < -0.39 is 20.5 Å². The first-order valence-corrected chi connectivity index (χ1v) is 7.57. The Morgan fingerprint density at radius 2 is 1.86 bits per heavy atom. The number of hydrogen-bond acceptors (Lipinski definition) is 4. The highest BCUT2D eigenvalue weighted by molar-refractivity contribution is 7.91. The predicted octanol–water partition coefficient (Wildman–Crippen LogP) is 1.05. The molecule has 1 fully saturated rings. The smallest absolute Gasteiger partial charge is 0.341 e. The summed E-state index contributed by atoms with van der Waals surface area (Å²) in [5, 5.41) is 5.78. The number of hydrogen-bond donors (Lipinski definition) is 2. The number of nitrogens with one attached hydrogen (secondary N) is 2. The first kappa shape index (κ1) is 17.8. The van der Waals surface area contributed by atoms with Gasteiger partial charge in [0.1, 0.15) is 0 Å². The number of alkyl halides is 2. The van der Waals surface area contributed by atoms with Crippen molar-refractivity contribution < 1.29 is 22.0 Å². The van der Waals surface area contributed by atoms with E-state index in [0.717, 1.165) is 25.2 Å². The van der Waals surface area contributed by atoms with Gasteiger partial charge in [-0.2, -0.15) is 8.78 Å². The quantitative estimate of drug-likeness (QED) is 0.840. The highest BCUT2D eigenvalue weighted by atomic mass is 35.5. The van der Waals surface area contributed by atoms with Gasteiger partial charge in [0.15, 0.2) is 0 Å². The maximum Gasteiger partial charge on any atom is 0.341 e. The van der Waals surface area contributed by atoms with Crippen molar-refractivity contribution in [3.63, 3.8) is 0 Å². The molecule has 1 amide bonds. The van der Waals surface area contributed by atoms with Gasteiger partial charge >= 0.3 is 5.76 Å². The number of benzene rings is 1. The summed E-state index contributed by atoms with van der Waals surface area (Å²) in [6.45, 7) is 2.24. The highest BCUT2D eigenvalue weighted by Crippen LogP contribution is 2.18. The van der Waals surface area contributed by atoms with E-state index in [1.165, 1.54) is 12.1 Å². The van der Waals surface area contributed by atoms with Crippen molar-refractivity contribution in [2.24, 2.45) is 5.92 Å². The third kappa shape index (κ3) is 4.12. The molecule has 1 heterocycles. The molecule has 1 saturated heterocycles. The van der Waals surface area contributed by atoms with Crippen molar-refractivity contribution in [1.82, 2.24) is 10.6 Å². The molecule has 0 aliphatic carbocycles. The topological polar surface area (TPSA) is 75.3 Å². The summed E-state index contributed by atoms with van der Waals surface area (Å²) in [5.74, 6) is -3.41. The molecule has 0 bridgehead atoms. The van der Waals surface area contributed by atoms with E-state index >= 15 is 0 Å². The molecule has 1 aromatic rings. The summed E-state index contributed by atoms with van der Waals surface area (Å²) in [6.07, 6.45) is 0. The zero-order chi connectivity index (χ0) is 14.8. The lowest BCUT2D eigenvalue weighted by Crippen LogP contribution is -2.48. The number of sulfone groups is 1. The Bertz CT molecular complexity index is 589. The van der Waals surface area contributed by atoms with E-state index in [2.05, 4.69) is 10.6 Å². The van der Waals surface area contributed by atoms with E-state index in [9.17, 15) is 22.0 Å². The summed E-state index contributed by atoms with van der Waals surface area (Å²) in [7, 11) is -4.61. The monoisotopic (exact) mass is 340 g/mol. The summed E-state index contributed by atoms with van der Waals surface area (Å²) < 4.78 is 47.1. The van der Waals surface area contributed by atoms with Crippen LogP contribution in [0.1, 0.15) is 10.4 Å². The zero-order valence-corrected chi connectivity index (χ0v) is 12.5. The lowest BCUT2D eigenvalue weighted by molar-refractivity contribution is 0.0942. The lowest BCUT2D eigenvalue weighted by Gasteiger charge is -2.27. The molecule has 0 atom stereocenters. The molecule has 118 valence electrons. The fourth-order valence-corrected chi connectivity index (χ4v) is 2.45. The molecule has 2 rings (SSSR count). The summed E-state index contributed by atoms with van der Waals surface area (Å²) in [4.78, 5) is 11.3. The van der Waals surface area contributed by atoms with Crippen molar-refractivity contribution in [2.45, 2.75) is 10.7 Å². The van der Waals surface area contributed by atoms with Crippen LogP contribution in [-0.2, 0) is 9.84 Å². The molecule has 1 aliphatic rings. The van der Waals surface area contributed by atoms with Crippen molar-refractivity contribution in [3.05, 3.63) is 29.8 Å². The third-order valence-corrected chi connectivity index (χ3v) is 4.50. The molecular weight excluding hydrogens is 326 g/mol. The minimum atomic E-state index is -4.61. The maximum atomic E-state index is 12.3. The van der Waals surface area contributed by atoms with Crippen LogP contribution in [0.2, 0.25) is 0 Å². The standard InChI is InChI=1S/C12H14F2N2O3S.ClH/c13-12(14)20(18,19)10-3-1-9(2-4-10)11(17)16-7-8-5-15-6-8;/h1-4,8,12,15H,5-7H2,(H,16,17);1H. The SMILES string of the molecule is Cl.O=C(NCC1CNC1)c1ccc(S(=O)(=O)C(F)F)cc1. The van der Waals surface area contributed by atoms with Gasteiger partial charge in [0, 0.05) is 31.1 Å². The minimum Gasteiger partial charge on any atom is -0.352 e. The van der Waals surface area contributed by atoms with Crippen LogP contribution in [0.5, 0.6) is 0 Å². The Labute approximate surface area is 127 Å². The Balaban J connectivity index is 0.00000220. The molecule has 0 spiro atoms. The Hall–Kier alpha value is -1.25. The zero-order valence-electron chi connectivity index (χ0n) is 10.9. The van der Waals surface area contributed by atoms with Crippen LogP contribution >= 0.6 is 12.4 Å². The van der Waals surface area contributed by atoms with Gasteiger partial charge in [0.2, 0.25) is 9.84 Å². The van der Waals surface area contributed by atoms with Gasteiger partial charge in [-0.05, 0) is 24.3 Å². The fourth-order valence-electron chi connectivity index (χ4n) is 1.73. The number of carbonyl (C=O) groups excluding carboxylic acids is 1. The Morgan fingerprint density at radius 1 is 1.29 bits per heavy atom. The van der Waals surface area contributed by atoms with Crippen molar-refractivity contribution in [3.8, 4) is 0 Å². The van der Waals surface area contributed by atoms with Gasteiger partial charge in [-0.1, -0.05) is 0 Å². The van der Waals surface area contributed by atoms with Crippen molar-refractivity contribution >= 4 is 28.2 Å². The van der Waals surface area contributed by atoms with Crippen LogP contribution < -0.4 is 10.6 Å². The summed E-state index contributed by atoms with van der Waals surface area (Å²) in [6, 6.07) is 4.48. The van der Waals surface area contributed by atoms with Crippen molar-refractivity contribution in [1.29, 1.82) is 0 Å². The molecule has 1 aromatic carbocycles. The van der Waals surface area contributed by atoms with Gasteiger partial charge in [0.05, 0.1) is 4.90 Å². The first-order chi connectivity index (χ1) is 9.41. The molecule has 0 radical (unpaired) electrons. The number of rotatable bonds is 5. The van der Waals surface area contributed by atoms with E-state index in [-0.39, 0.29) is 23.9 Å². The predicted molar refractivity (Wildman–Crippen MR) is 75.6 cm³/mol. The van der Waals surface area contributed by atoms with Crippen LogP contribution in [0.3, 0.4) is 0 Å². The third-order valence-electron chi connectivity index (χ3n) is 3.10. The molecule has 0 unspecified atom stereocenters. The molecule has 9 heteroatoms. The molecule has 2 N–H and O–H groups in total. The number of amides is 1. The largest absolute Gasteiger partial charge is 0.352 e. The van der Waals surface area contributed by atoms with Crippen LogP contribution in [0.25, 0.3) is 0 Å². The second kappa shape index (κ2) is 7.15. The number of carbonyl (C=O) groups is 1. The van der Waals surface area contributed by atoms with Crippen LogP contribution in [-0.4, -0.2) is 39.7 Å². The van der Waals surface area contributed by atoms with E-state index in [4.69, 9.17) is 0 Å². The van der Waals surface area contributed by atoms with E-state index in [0.29, 0.717) is 12.5 Å². The summed E-state index contributed by atoms with van der Waals surface area (Å²) >= 11 is 0. The molecular formula is C12H15ClF2N2O3S.